The Morgan fingerprint density at radius 3 is 1.74 bits per heavy atom. The van der Waals surface area contributed by atoms with Gasteiger partial charge in [0, 0.05) is 36.9 Å². The number of rotatable bonds is 5. The minimum atomic E-state index is 0.618. The van der Waals surface area contributed by atoms with E-state index in [0.717, 1.165) is 64.7 Å². The molecule has 5 nitrogen and oxygen atoms in total. The van der Waals surface area contributed by atoms with Crippen molar-refractivity contribution in [3.63, 3.8) is 0 Å². The monoisotopic (exact) mass is 608 g/mol. The van der Waals surface area contributed by atoms with Crippen molar-refractivity contribution in [2.24, 2.45) is 0 Å². The van der Waals surface area contributed by atoms with E-state index in [1.807, 2.05) is 60.7 Å². The number of thiophene rings is 1. The van der Waals surface area contributed by atoms with Gasteiger partial charge in [-0.3, -0.25) is 0 Å². The van der Waals surface area contributed by atoms with E-state index in [1.165, 1.54) is 0 Å². The first-order valence-corrected chi connectivity index (χ1v) is 15.9. The normalized spacial score (nSPS) is 11.5. The Bertz CT molecular complexity index is 2500. The molecule has 0 fully saturated rings. The van der Waals surface area contributed by atoms with Crippen molar-refractivity contribution >= 4 is 42.6 Å². The summed E-state index contributed by atoms with van der Waals surface area (Å²) >= 11 is 1.72. The molecular formula is C40H24N4OS. The fourth-order valence-corrected chi connectivity index (χ4v) is 7.28. The Hall–Kier alpha value is -5.98. The number of benzene rings is 6. The summed E-state index contributed by atoms with van der Waals surface area (Å²) in [6, 6.07) is 49.4. The molecule has 6 heteroatoms. The number of hydrogen-bond acceptors (Lipinski definition) is 6. The number of fused-ring (bicyclic) bond motifs is 4. The van der Waals surface area contributed by atoms with Crippen molar-refractivity contribution in [1.29, 1.82) is 0 Å². The van der Waals surface area contributed by atoms with Crippen molar-refractivity contribution < 1.29 is 4.42 Å². The van der Waals surface area contributed by atoms with Crippen LogP contribution in [0.3, 0.4) is 0 Å². The molecule has 9 rings (SSSR count). The molecule has 3 aromatic heterocycles. The highest BCUT2D eigenvalue weighted by molar-refractivity contribution is 7.26. The van der Waals surface area contributed by atoms with Crippen molar-refractivity contribution in [3.8, 4) is 56.7 Å². The number of hydrogen-bond donors (Lipinski definition) is 0. The average molecular weight is 609 g/mol. The molecule has 6 aromatic carbocycles. The fraction of sp³-hybridized carbons (Fsp3) is 0. The lowest BCUT2D eigenvalue weighted by molar-refractivity contribution is 0.621. The van der Waals surface area contributed by atoms with Crippen molar-refractivity contribution in [2.45, 2.75) is 0 Å². The Labute approximate surface area is 268 Å². The maximum absolute atomic E-state index is 6.21. The van der Waals surface area contributed by atoms with E-state index in [4.69, 9.17) is 24.4 Å². The summed E-state index contributed by atoms with van der Waals surface area (Å²) in [5.74, 6) is 2.52. The van der Waals surface area contributed by atoms with Crippen LogP contribution in [0.2, 0.25) is 0 Å². The molecule has 0 aliphatic heterocycles. The van der Waals surface area contributed by atoms with Gasteiger partial charge in [-0.05, 0) is 41.5 Å². The van der Waals surface area contributed by atoms with Gasteiger partial charge in [0.1, 0.15) is 5.52 Å². The van der Waals surface area contributed by atoms with Gasteiger partial charge in [0.15, 0.2) is 23.1 Å². The smallest absolute Gasteiger partial charge is 0.228 e. The zero-order chi connectivity index (χ0) is 30.5. The highest BCUT2D eigenvalue weighted by atomic mass is 32.1. The fourth-order valence-electron chi connectivity index (χ4n) is 5.96. The lowest BCUT2D eigenvalue weighted by Crippen LogP contribution is -2.00. The molecule has 0 aliphatic carbocycles. The van der Waals surface area contributed by atoms with Crippen LogP contribution >= 0.6 is 11.3 Å². The Kier molecular flexibility index (Phi) is 6.25. The van der Waals surface area contributed by atoms with Gasteiger partial charge in [-0.15, -0.1) is 11.3 Å². The van der Waals surface area contributed by atoms with Crippen molar-refractivity contribution in [3.05, 3.63) is 146 Å². The van der Waals surface area contributed by atoms with Crippen LogP contribution in [-0.4, -0.2) is 19.9 Å². The second-order valence-electron chi connectivity index (χ2n) is 11.1. The SMILES string of the molecule is c1ccc(-c2cccc(-c3nc(-c4ccccc4)nc(-c4cccc5c4sc4c(-c6nc7ccccc7o6)cccc45)n3)c2)cc1. The molecule has 9 aromatic rings. The third-order valence-corrected chi connectivity index (χ3v) is 9.47. The van der Waals surface area contributed by atoms with Crippen molar-refractivity contribution in [1.82, 2.24) is 19.9 Å². The molecule has 0 N–H and O–H groups in total. The Balaban J connectivity index is 1.25. The molecule has 46 heavy (non-hydrogen) atoms. The van der Waals surface area contributed by atoms with Gasteiger partial charge in [-0.1, -0.05) is 115 Å². The molecule has 0 bridgehead atoms. The second-order valence-corrected chi connectivity index (χ2v) is 12.1. The van der Waals surface area contributed by atoms with Crippen LogP contribution in [0.1, 0.15) is 0 Å². The van der Waals surface area contributed by atoms with Crippen LogP contribution in [0.4, 0.5) is 0 Å². The molecule has 0 atom stereocenters. The molecule has 3 heterocycles. The van der Waals surface area contributed by atoms with Crippen molar-refractivity contribution in [2.75, 3.05) is 0 Å². The minimum Gasteiger partial charge on any atom is -0.436 e. The maximum atomic E-state index is 6.21. The van der Waals surface area contributed by atoms with E-state index >= 15 is 0 Å². The number of nitrogens with zero attached hydrogens (tertiary/aromatic N) is 4. The summed E-state index contributed by atoms with van der Waals surface area (Å²) in [7, 11) is 0. The first kappa shape index (κ1) is 26.4. The van der Waals surface area contributed by atoms with E-state index in [1.54, 1.807) is 11.3 Å². The summed E-state index contributed by atoms with van der Waals surface area (Å²) in [6.45, 7) is 0. The molecule has 216 valence electrons. The van der Waals surface area contributed by atoms with E-state index in [-0.39, 0.29) is 0 Å². The first-order valence-electron chi connectivity index (χ1n) is 15.1. The van der Waals surface area contributed by atoms with E-state index in [0.29, 0.717) is 23.4 Å². The summed E-state index contributed by atoms with van der Waals surface area (Å²) in [4.78, 5) is 20.0. The summed E-state index contributed by atoms with van der Waals surface area (Å²) < 4.78 is 8.43. The first-order chi connectivity index (χ1) is 22.8. The highest BCUT2D eigenvalue weighted by Gasteiger charge is 2.19. The van der Waals surface area contributed by atoms with E-state index < -0.39 is 0 Å². The predicted molar refractivity (Wildman–Crippen MR) is 187 cm³/mol. The average Bonchev–Trinajstić information content (AvgIpc) is 3.74. The third kappa shape index (κ3) is 4.55. The van der Waals surface area contributed by atoms with Gasteiger partial charge in [-0.25, -0.2) is 19.9 Å². The van der Waals surface area contributed by atoms with Crippen LogP contribution in [0.5, 0.6) is 0 Å². The van der Waals surface area contributed by atoms with Gasteiger partial charge < -0.3 is 4.42 Å². The molecule has 0 saturated carbocycles. The lowest BCUT2D eigenvalue weighted by atomic mass is 10.0. The summed E-state index contributed by atoms with van der Waals surface area (Å²) in [5.41, 5.74) is 7.68. The molecule has 0 amide bonds. The van der Waals surface area contributed by atoms with Gasteiger partial charge in [0.2, 0.25) is 5.89 Å². The molecule has 0 radical (unpaired) electrons. The molecular weight excluding hydrogens is 585 g/mol. The molecule has 0 saturated heterocycles. The zero-order valence-electron chi connectivity index (χ0n) is 24.5. The van der Waals surface area contributed by atoms with Gasteiger partial charge in [0.05, 0.1) is 5.56 Å². The predicted octanol–water partition coefficient (Wildman–Crippen LogP) is 10.7. The quantitative estimate of drug-likeness (QED) is 0.194. The molecule has 0 spiro atoms. The van der Waals surface area contributed by atoms with E-state index in [2.05, 4.69) is 84.9 Å². The Morgan fingerprint density at radius 1 is 0.413 bits per heavy atom. The van der Waals surface area contributed by atoms with Crippen LogP contribution < -0.4 is 0 Å². The van der Waals surface area contributed by atoms with Crippen LogP contribution in [0.15, 0.2) is 150 Å². The van der Waals surface area contributed by atoms with Crippen LogP contribution in [-0.2, 0) is 0 Å². The molecule has 0 unspecified atom stereocenters. The zero-order valence-corrected chi connectivity index (χ0v) is 25.3. The Morgan fingerprint density at radius 2 is 0.978 bits per heavy atom. The van der Waals surface area contributed by atoms with Crippen LogP contribution in [0, 0.1) is 0 Å². The standard InChI is InChI=1S/C40H24N4OS/c1-3-12-25(13-4-1)27-16-9-17-28(24-27)38-42-37(26-14-5-2-6-15-26)43-39(44-38)31-20-10-18-29-30-19-11-21-32(36(30)46-35(29)31)40-41-33-22-7-8-23-34(33)45-40/h1-24H. The highest BCUT2D eigenvalue weighted by Crippen LogP contribution is 2.43. The van der Waals surface area contributed by atoms with Gasteiger partial charge >= 0.3 is 0 Å². The number of para-hydroxylation sites is 2. The third-order valence-electron chi connectivity index (χ3n) is 8.18. The molecule has 0 aliphatic rings. The van der Waals surface area contributed by atoms with Gasteiger partial charge in [-0.2, -0.15) is 0 Å². The van der Waals surface area contributed by atoms with Crippen LogP contribution in [0.25, 0.3) is 88.0 Å². The van der Waals surface area contributed by atoms with Gasteiger partial charge in [0.25, 0.3) is 0 Å². The van der Waals surface area contributed by atoms with E-state index in [9.17, 15) is 0 Å². The summed E-state index contributed by atoms with van der Waals surface area (Å²) in [5, 5.41) is 2.29. The largest absolute Gasteiger partial charge is 0.436 e. The second kappa shape index (κ2) is 10.9. The lowest BCUT2D eigenvalue weighted by Gasteiger charge is -2.10. The number of aromatic nitrogens is 4. The number of oxazole rings is 1. The summed E-state index contributed by atoms with van der Waals surface area (Å²) in [6.07, 6.45) is 0. The maximum Gasteiger partial charge on any atom is 0.228 e. The topological polar surface area (TPSA) is 64.7 Å². The minimum absolute atomic E-state index is 0.618.